The molecule has 20 heavy (non-hydrogen) atoms. The fourth-order valence-electron chi connectivity index (χ4n) is 1.95. The molecule has 0 saturated heterocycles. The fourth-order valence-corrected chi connectivity index (χ4v) is 1.95. The van der Waals surface area contributed by atoms with Crippen LogP contribution in [0.5, 0.6) is 0 Å². The molecule has 0 bridgehead atoms. The van der Waals surface area contributed by atoms with Gasteiger partial charge >= 0.3 is 5.97 Å². The molecule has 1 rings (SSSR count). The molecule has 0 fully saturated rings. The molecule has 1 N–H and O–H groups in total. The lowest BCUT2D eigenvalue weighted by Gasteiger charge is -2.26. The Morgan fingerprint density at radius 2 is 1.70 bits per heavy atom. The second kappa shape index (κ2) is 7.03. The zero-order valence-electron chi connectivity index (χ0n) is 12.5. The summed E-state index contributed by atoms with van der Waals surface area (Å²) in [6.07, 6.45) is 1.33. The summed E-state index contributed by atoms with van der Waals surface area (Å²) in [7, 11) is 0. The molecule has 5 heteroatoms. The van der Waals surface area contributed by atoms with Crippen molar-refractivity contribution >= 4 is 11.9 Å². The van der Waals surface area contributed by atoms with Gasteiger partial charge in [0.15, 0.2) is 0 Å². The number of rotatable bonds is 6. The molecule has 0 saturated carbocycles. The van der Waals surface area contributed by atoms with Crippen LogP contribution in [0.15, 0.2) is 18.3 Å². The molecule has 0 spiro atoms. The summed E-state index contributed by atoms with van der Waals surface area (Å²) in [5, 5.41) is 8.80. The Labute approximate surface area is 119 Å². The van der Waals surface area contributed by atoms with E-state index in [1.807, 2.05) is 0 Å². The van der Waals surface area contributed by atoms with Gasteiger partial charge in [-0.15, -0.1) is 0 Å². The molecule has 0 radical (unpaired) electrons. The summed E-state index contributed by atoms with van der Waals surface area (Å²) in [5.74, 6) is -0.435. The predicted octanol–water partition coefficient (Wildman–Crippen LogP) is 2.53. The summed E-state index contributed by atoms with van der Waals surface area (Å²) in [4.78, 5) is 28.8. The molecule has 1 amide bonds. The van der Waals surface area contributed by atoms with Crippen LogP contribution >= 0.6 is 0 Å². The third-order valence-electron chi connectivity index (χ3n) is 2.69. The SMILES string of the molecule is CC(C)CN(CC(C)C)C(=O)c1ccc(C(=O)O)nc1. The second-order valence-corrected chi connectivity index (χ2v) is 5.74. The van der Waals surface area contributed by atoms with E-state index in [4.69, 9.17) is 5.11 Å². The van der Waals surface area contributed by atoms with E-state index in [2.05, 4.69) is 32.7 Å². The van der Waals surface area contributed by atoms with E-state index in [0.717, 1.165) is 0 Å². The van der Waals surface area contributed by atoms with Crippen molar-refractivity contribution in [2.45, 2.75) is 27.7 Å². The van der Waals surface area contributed by atoms with Crippen LogP contribution in [-0.2, 0) is 0 Å². The molecule has 1 heterocycles. The molecule has 1 aromatic rings. The smallest absolute Gasteiger partial charge is 0.354 e. The first-order valence-electron chi connectivity index (χ1n) is 6.79. The Morgan fingerprint density at radius 3 is 2.05 bits per heavy atom. The molecule has 0 atom stereocenters. The number of carbonyl (C=O) groups is 2. The minimum atomic E-state index is -1.09. The number of pyridine rings is 1. The number of aromatic nitrogens is 1. The molecule has 0 aliphatic heterocycles. The average Bonchev–Trinajstić information content (AvgIpc) is 2.36. The van der Waals surface area contributed by atoms with Gasteiger partial charge in [0.1, 0.15) is 5.69 Å². The number of aromatic carboxylic acids is 1. The van der Waals surface area contributed by atoms with E-state index < -0.39 is 5.97 Å². The van der Waals surface area contributed by atoms with Crippen molar-refractivity contribution in [1.82, 2.24) is 9.88 Å². The van der Waals surface area contributed by atoms with Gasteiger partial charge in [0.2, 0.25) is 0 Å². The quantitative estimate of drug-likeness (QED) is 0.868. The maximum absolute atomic E-state index is 12.4. The molecule has 5 nitrogen and oxygen atoms in total. The van der Waals surface area contributed by atoms with Crippen LogP contribution in [0.2, 0.25) is 0 Å². The monoisotopic (exact) mass is 278 g/mol. The first kappa shape index (κ1) is 16.1. The topological polar surface area (TPSA) is 70.5 Å². The number of hydrogen-bond donors (Lipinski definition) is 1. The van der Waals surface area contributed by atoms with Crippen LogP contribution in [0.4, 0.5) is 0 Å². The van der Waals surface area contributed by atoms with E-state index in [1.165, 1.54) is 18.3 Å². The third kappa shape index (κ3) is 4.64. The minimum Gasteiger partial charge on any atom is -0.477 e. The molecule has 0 aromatic carbocycles. The van der Waals surface area contributed by atoms with Crippen LogP contribution in [0.1, 0.15) is 48.5 Å². The highest BCUT2D eigenvalue weighted by atomic mass is 16.4. The van der Waals surface area contributed by atoms with Gasteiger partial charge in [-0.1, -0.05) is 27.7 Å². The van der Waals surface area contributed by atoms with Crippen LogP contribution in [0, 0.1) is 11.8 Å². The Balaban J connectivity index is 2.90. The van der Waals surface area contributed by atoms with E-state index >= 15 is 0 Å². The van der Waals surface area contributed by atoms with Crippen LogP contribution in [0.25, 0.3) is 0 Å². The first-order valence-corrected chi connectivity index (χ1v) is 6.79. The lowest BCUT2D eigenvalue weighted by molar-refractivity contribution is 0.0683. The summed E-state index contributed by atoms with van der Waals surface area (Å²) in [6.45, 7) is 9.60. The van der Waals surface area contributed by atoms with Crippen molar-refractivity contribution < 1.29 is 14.7 Å². The Hall–Kier alpha value is -1.91. The normalized spacial score (nSPS) is 10.9. The van der Waals surface area contributed by atoms with Crippen molar-refractivity contribution in [3.05, 3.63) is 29.6 Å². The van der Waals surface area contributed by atoms with Gasteiger partial charge in [0.25, 0.3) is 5.91 Å². The fraction of sp³-hybridized carbons (Fsp3) is 0.533. The van der Waals surface area contributed by atoms with Gasteiger partial charge in [-0.05, 0) is 24.0 Å². The van der Waals surface area contributed by atoms with Gasteiger partial charge in [-0.25, -0.2) is 9.78 Å². The van der Waals surface area contributed by atoms with Crippen LogP contribution in [0.3, 0.4) is 0 Å². The van der Waals surface area contributed by atoms with Gasteiger partial charge in [-0.2, -0.15) is 0 Å². The molecular formula is C15H22N2O3. The number of carboxylic acid groups (broad SMARTS) is 1. The highest BCUT2D eigenvalue weighted by Crippen LogP contribution is 2.10. The van der Waals surface area contributed by atoms with Crippen molar-refractivity contribution in [1.29, 1.82) is 0 Å². The molecule has 1 aromatic heterocycles. The lowest BCUT2D eigenvalue weighted by Crippen LogP contribution is -2.37. The molecule has 0 unspecified atom stereocenters. The average molecular weight is 278 g/mol. The van der Waals surface area contributed by atoms with Gasteiger partial charge in [0.05, 0.1) is 5.56 Å². The number of carboxylic acids is 1. The lowest BCUT2D eigenvalue weighted by atomic mass is 10.1. The summed E-state index contributed by atoms with van der Waals surface area (Å²) < 4.78 is 0. The van der Waals surface area contributed by atoms with E-state index in [0.29, 0.717) is 30.5 Å². The number of carbonyl (C=O) groups excluding carboxylic acids is 1. The van der Waals surface area contributed by atoms with Crippen molar-refractivity contribution in [2.75, 3.05) is 13.1 Å². The van der Waals surface area contributed by atoms with Crippen LogP contribution < -0.4 is 0 Å². The maximum atomic E-state index is 12.4. The highest BCUT2D eigenvalue weighted by Gasteiger charge is 2.18. The van der Waals surface area contributed by atoms with E-state index in [9.17, 15) is 9.59 Å². The van der Waals surface area contributed by atoms with Gasteiger partial charge < -0.3 is 10.0 Å². The third-order valence-corrected chi connectivity index (χ3v) is 2.69. The minimum absolute atomic E-state index is 0.0548. The second-order valence-electron chi connectivity index (χ2n) is 5.74. The summed E-state index contributed by atoms with van der Waals surface area (Å²) in [6, 6.07) is 2.88. The van der Waals surface area contributed by atoms with Crippen LogP contribution in [-0.4, -0.2) is 40.0 Å². The zero-order chi connectivity index (χ0) is 15.3. The van der Waals surface area contributed by atoms with Crippen molar-refractivity contribution in [2.24, 2.45) is 11.8 Å². The summed E-state index contributed by atoms with van der Waals surface area (Å²) in [5.41, 5.74) is 0.372. The highest BCUT2D eigenvalue weighted by molar-refractivity contribution is 5.94. The summed E-state index contributed by atoms with van der Waals surface area (Å²) >= 11 is 0. The van der Waals surface area contributed by atoms with E-state index in [1.54, 1.807) is 4.90 Å². The maximum Gasteiger partial charge on any atom is 0.354 e. The van der Waals surface area contributed by atoms with E-state index in [-0.39, 0.29) is 11.6 Å². The number of nitrogens with zero attached hydrogens (tertiary/aromatic N) is 2. The predicted molar refractivity (Wildman–Crippen MR) is 76.8 cm³/mol. The van der Waals surface area contributed by atoms with Crippen molar-refractivity contribution in [3.8, 4) is 0 Å². The first-order chi connectivity index (χ1) is 9.31. The Morgan fingerprint density at radius 1 is 1.15 bits per heavy atom. The number of amides is 1. The van der Waals surface area contributed by atoms with Crippen molar-refractivity contribution in [3.63, 3.8) is 0 Å². The molecule has 0 aliphatic rings. The molecular weight excluding hydrogens is 256 g/mol. The molecule has 0 aliphatic carbocycles. The Kier molecular flexibility index (Phi) is 5.67. The van der Waals surface area contributed by atoms with Gasteiger partial charge in [-0.3, -0.25) is 4.79 Å². The molecule has 110 valence electrons. The standard InChI is InChI=1S/C15H22N2O3/c1-10(2)8-17(9-11(3)4)14(18)12-5-6-13(15(19)20)16-7-12/h5-7,10-11H,8-9H2,1-4H3,(H,19,20). The van der Waals surface area contributed by atoms with Gasteiger partial charge in [0, 0.05) is 19.3 Å². The zero-order valence-corrected chi connectivity index (χ0v) is 12.5. The number of hydrogen-bond acceptors (Lipinski definition) is 3. The largest absolute Gasteiger partial charge is 0.477 e. The Bertz CT molecular complexity index is 457.